The number of aryl methyl sites for hydroxylation is 1. The summed E-state index contributed by atoms with van der Waals surface area (Å²) >= 11 is 0. The molecule has 96 valence electrons. The number of hydrogen-bond acceptors (Lipinski definition) is 6. The van der Waals surface area contributed by atoms with E-state index in [0.717, 1.165) is 17.8 Å². The fourth-order valence-corrected chi connectivity index (χ4v) is 1.02. The number of nitrogens with two attached hydrogens (primary N) is 2. The Labute approximate surface area is 107 Å². The summed E-state index contributed by atoms with van der Waals surface area (Å²) in [6.45, 7) is 5.55. The smallest absolute Gasteiger partial charge is 0.146 e. The van der Waals surface area contributed by atoms with E-state index in [1.165, 1.54) is 0 Å². The fourth-order valence-electron chi connectivity index (χ4n) is 1.02. The van der Waals surface area contributed by atoms with E-state index in [-0.39, 0.29) is 1.43 Å². The molecule has 6 heteroatoms. The van der Waals surface area contributed by atoms with Crippen LogP contribution in [0.1, 0.15) is 19.7 Å². The highest BCUT2D eigenvalue weighted by atomic mass is 15.1. The molecule has 6 nitrogen and oxygen atoms in total. The lowest BCUT2D eigenvalue weighted by atomic mass is 10.3. The van der Waals surface area contributed by atoms with E-state index in [0.29, 0.717) is 11.6 Å². The first-order valence-electron chi connectivity index (χ1n) is 5.45. The van der Waals surface area contributed by atoms with Gasteiger partial charge in [0.25, 0.3) is 0 Å². The van der Waals surface area contributed by atoms with Gasteiger partial charge in [0, 0.05) is 1.43 Å². The molecule has 0 aromatic carbocycles. The molecule has 0 aliphatic carbocycles. The van der Waals surface area contributed by atoms with Crippen molar-refractivity contribution in [1.82, 2.24) is 20.4 Å². The van der Waals surface area contributed by atoms with Crippen molar-refractivity contribution < 1.29 is 1.43 Å². The molecule has 0 bridgehead atoms. The number of anilines is 2. The second-order valence-corrected chi connectivity index (χ2v) is 3.39. The van der Waals surface area contributed by atoms with Gasteiger partial charge in [0.05, 0.1) is 11.4 Å². The number of nitrogens with zero attached hydrogens (tertiary/aromatic N) is 4. The molecular formula is C12H18N6. The van der Waals surface area contributed by atoms with Gasteiger partial charge >= 0.3 is 0 Å². The molecule has 0 fully saturated rings. The zero-order valence-electron chi connectivity index (χ0n) is 10.2. The first-order chi connectivity index (χ1) is 8.65. The highest BCUT2D eigenvalue weighted by molar-refractivity contribution is 5.42. The summed E-state index contributed by atoms with van der Waals surface area (Å²) in [6.07, 6.45) is 2.53. The van der Waals surface area contributed by atoms with Crippen molar-refractivity contribution in [1.29, 1.82) is 0 Å². The second-order valence-electron chi connectivity index (χ2n) is 3.39. The molecule has 2 aromatic rings. The third-order valence-electron chi connectivity index (χ3n) is 2.02. The van der Waals surface area contributed by atoms with Crippen molar-refractivity contribution in [3.8, 4) is 0 Å². The number of aromatic nitrogens is 4. The molecular weight excluding hydrogens is 228 g/mol. The van der Waals surface area contributed by atoms with Crippen LogP contribution in [0.2, 0.25) is 0 Å². The van der Waals surface area contributed by atoms with Gasteiger partial charge in [0.15, 0.2) is 0 Å². The molecule has 0 amide bonds. The van der Waals surface area contributed by atoms with Gasteiger partial charge in [-0.25, -0.2) is 0 Å². The standard InChI is InChI=1S/C6H9N3.C6H7N3.H2/c2*1-2-5-3-4-6(7)9-8-5;/h3-4H,2H2,1H3,(H2,7,9);2-4H,1H2,(H2,7,9);1H. The van der Waals surface area contributed by atoms with Crippen LogP contribution in [0.15, 0.2) is 30.8 Å². The summed E-state index contributed by atoms with van der Waals surface area (Å²) in [5, 5.41) is 14.8. The van der Waals surface area contributed by atoms with Gasteiger partial charge in [-0.3, -0.25) is 0 Å². The molecule has 0 atom stereocenters. The van der Waals surface area contributed by atoms with Gasteiger partial charge in [-0.2, -0.15) is 5.10 Å². The Hall–Kier alpha value is -2.50. The Bertz CT molecular complexity index is 483. The van der Waals surface area contributed by atoms with Gasteiger partial charge < -0.3 is 11.5 Å². The summed E-state index contributed by atoms with van der Waals surface area (Å²) in [4.78, 5) is 0. The predicted molar refractivity (Wildman–Crippen MR) is 74.5 cm³/mol. The lowest BCUT2D eigenvalue weighted by Gasteiger charge is -1.91. The van der Waals surface area contributed by atoms with Crippen LogP contribution in [0.25, 0.3) is 6.08 Å². The molecule has 4 N–H and O–H groups in total. The average molecular weight is 246 g/mol. The Morgan fingerprint density at radius 3 is 2.06 bits per heavy atom. The number of nitrogen functional groups attached to an aromatic ring is 2. The van der Waals surface area contributed by atoms with Crippen LogP contribution >= 0.6 is 0 Å². The quantitative estimate of drug-likeness (QED) is 0.833. The maximum Gasteiger partial charge on any atom is 0.146 e. The summed E-state index contributed by atoms with van der Waals surface area (Å²) < 4.78 is 0. The first kappa shape index (κ1) is 13.6. The maximum absolute atomic E-state index is 5.31. The Kier molecular flexibility index (Phi) is 5.24. The van der Waals surface area contributed by atoms with E-state index in [1.807, 2.05) is 13.0 Å². The molecule has 0 unspecified atom stereocenters. The molecule has 0 aliphatic rings. The minimum Gasteiger partial charge on any atom is -0.382 e. The van der Waals surface area contributed by atoms with Crippen LogP contribution in [-0.4, -0.2) is 20.4 Å². The highest BCUT2D eigenvalue weighted by Gasteiger charge is 1.88. The van der Waals surface area contributed by atoms with E-state index < -0.39 is 0 Å². The third kappa shape index (κ3) is 4.56. The summed E-state index contributed by atoms with van der Waals surface area (Å²) in [5.74, 6) is 0.910. The molecule has 2 heterocycles. The van der Waals surface area contributed by atoms with Crippen molar-refractivity contribution in [3.05, 3.63) is 42.2 Å². The van der Waals surface area contributed by atoms with Gasteiger partial charge in [-0.05, 0) is 36.8 Å². The molecule has 0 radical (unpaired) electrons. The highest BCUT2D eigenvalue weighted by Crippen LogP contribution is 1.97. The number of hydrogen-bond donors (Lipinski definition) is 2. The molecule has 0 spiro atoms. The van der Waals surface area contributed by atoms with E-state index >= 15 is 0 Å². The van der Waals surface area contributed by atoms with Crippen molar-refractivity contribution >= 4 is 17.7 Å². The SMILES string of the molecule is C=Cc1ccc(N)nn1.CCc1ccc(N)nn1.[HH]. The summed E-state index contributed by atoms with van der Waals surface area (Å²) in [7, 11) is 0. The maximum atomic E-state index is 5.31. The molecule has 2 rings (SSSR count). The normalized spacial score (nSPS) is 9.17. The largest absolute Gasteiger partial charge is 0.382 e. The van der Waals surface area contributed by atoms with E-state index in [2.05, 4.69) is 27.0 Å². The molecule has 18 heavy (non-hydrogen) atoms. The van der Waals surface area contributed by atoms with Gasteiger partial charge in [-0.15, -0.1) is 15.3 Å². The first-order valence-corrected chi connectivity index (χ1v) is 5.45. The van der Waals surface area contributed by atoms with Crippen LogP contribution in [0.4, 0.5) is 11.6 Å². The van der Waals surface area contributed by atoms with E-state index in [1.54, 1.807) is 24.3 Å². The summed E-state index contributed by atoms with van der Waals surface area (Å²) in [6, 6.07) is 7.08. The molecule has 0 aliphatic heterocycles. The lowest BCUT2D eigenvalue weighted by molar-refractivity contribution is 0.926. The average Bonchev–Trinajstić information content (AvgIpc) is 2.41. The van der Waals surface area contributed by atoms with Crippen molar-refractivity contribution in [2.75, 3.05) is 11.5 Å². The van der Waals surface area contributed by atoms with Crippen LogP contribution in [0.5, 0.6) is 0 Å². The topological polar surface area (TPSA) is 104 Å². The van der Waals surface area contributed by atoms with Crippen LogP contribution in [0.3, 0.4) is 0 Å². The van der Waals surface area contributed by atoms with Crippen molar-refractivity contribution in [3.63, 3.8) is 0 Å². The minimum absolute atomic E-state index is 0. The second kappa shape index (κ2) is 6.95. The lowest BCUT2D eigenvalue weighted by Crippen LogP contribution is -1.94. The van der Waals surface area contributed by atoms with Gasteiger partial charge in [0.1, 0.15) is 11.6 Å². The predicted octanol–water partition coefficient (Wildman–Crippen LogP) is 1.57. The fraction of sp³-hybridized carbons (Fsp3) is 0.167. The van der Waals surface area contributed by atoms with Crippen LogP contribution < -0.4 is 11.5 Å². The van der Waals surface area contributed by atoms with Crippen molar-refractivity contribution in [2.24, 2.45) is 0 Å². The van der Waals surface area contributed by atoms with E-state index in [4.69, 9.17) is 11.5 Å². The molecule has 0 saturated carbocycles. The summed E-state index contributed by atoms with van der Waals surface area (Å²) in [5.41, 5.74) is 12.3. The monoisotopic (exact) mass is 246 g/mol. The van der Waals surface area contributed by atoms with Gasteiger partial charge in [-0.1, -0.05) is 13.5 Å². The molecule has 2 aromatic heterocycles. The Morgan fingerprint density at radius 1 is 1.06 bits per heavy atom. The zero-order chi connectivity index (χ0) is 13.4. The van der Waals surface area contributed by atoms with E-state index in [9.17, 15) is 0 Å². The molecule has 0 saturated heterocycles. The number of rotatable bonds is 2. The minimum atomic E-state index is 0. The van der Waals surface area contributed by atoms with Crippen molar-refractivity contribution in [2.45, 2.75) is 13.3 Å². The zero-order valence-corrected chi connectivity index (χ0v) is 10.2. The van der Waals surface area contributed by atoms with Crippen LogP contribution in [0, 0.1) is 0 Å². The Balaban J connectivity index is 0.000000324. The van der Waals surface area contributed by atoms with Crippen LogP contribution in [-0.2, 0) is 6.42 Å². The Morgan fingerprint density at radius 2 is 1.67 bits per heavy atom. The third-order valence-corrected chi connectivity index (χ3v) is 2.02. The van der Waals surface area contributed by atoms with Gasteiger partial charge in [0.2, 0.25) is 0 Å².